The van der Waals surface area contributed by atoms with Crippen LogP contribution in [0, 0.1) is 13.8 Å². The number of aryl methyl sites for hydroxylation is 2. The first-order valence-electron chi connectivity index (χ1n) is 9.12. The Bertz CT molecular complexity index is 1160. The topological polar surface area (TPSA) is 42.0 Å². The number of carbonyl (C=O) groups is 1. The summed E-state index contributed by atoms with van der Waals surface area (Å²) < 4.78 is 1.08. The standard InChI is InChI=1S/C24H20N2OS/c1-16-13-14-21-22(17(16)2)25-24(28-21)26-23(27)20(19-11-7-4-8-12-19)15-18-9-5-3-6-10-18/h3-15H,1-2H3,(H,25,26,27)/b20-15+. The molecule has 0 aliphatic carbocycles. The second-order valence-electron chi connectivity index (χ2n) is 6.66. The summed E-state index contributed by atoms with van der Waals surface area (Å²) in [5.41, 5.74) is 5.76. The zero-order valence-electron chi connectivity index (χ0n) is 15.8. The summed E-state index contributed by atoms with van der Waals surface area (Å²) in [5, 5.41) is 3.61. The Morgan fingerprint density at radius 2 is 1.61 bits per heavy atom. The quantitative estimate of drug-likeness (QED) is 0.341. The van der Waals surface area contributed by atoms with Crippen LogP contribution in [-0.4, -0.2) is 10.9 Å². The number of nitrogens with zero attached hydrogens (tertiary/aromatic N) is 1. The third-order valence-corrected chi connectivity index (χ3v) is 5.68. The lowest BCUT2D eigenvalue weighted by Gasteiger charge is -2.08. The minimum atomic E-state index is -0.163. The van der Waals surface area contributed by atoms with E-state index >= 15 is 0 Å². The number of fused-ring (bicyclic) bond motifs is 1. The molecule has 0 aliphatic rings. The average Bonchev–Trinajstić information content (AvgIpc) is 3.13. The normalized spacial score (nSPS) is 11.6. The van der Waals surface area contributed by atoms with E-state index < -0.39 is 0 Å². The van der Waals surface area contributed by atoms with Crippen molar-refractivity contribution in [2.75, 3.05) is 5.32 Å². The van der Waals surface area contributed by atoms with E-state index in [-0.39, 0.29) is 5.91 Å². The Balaban J connectivity index is 1.70. The van der Waals surface area contributed by atoms with Gasteiger partial charge in [-0.05, 0) is 48.2 Å². The van der Waals surface area contributed by atoms with Crippen molar-refractivity contribution in [1.29, 1.82) is 0 Å². The molecule has 3 aromatic carbocycles. The molecule has 0 bridgehead atoms. The number of amides is 1. The van der Waals surface area contributed by atoms with Gasteiger partial charge >= 0.3 is 0 Å². The Hall–Kier alpha value is -3.24. The van der Waals surface area contributed by atoms with Gasteiger partial charge in [-0.1, -0.05) is 78.1 Å². The molecule has 0 atom stereocenters. The zero-order chi connectivity index (χ0) is 19.5. The fourth-order valence-electron chi connectivity index (χ4n) is 3.06. The van der Waals surface area contributed by atoms with Crippen molar-refractivity contribution in [2.45, 2.75) is 13.8 Å². The number of carbonyl (C=O) groups excluding carboxylic acids is 1. The minimum Gasteiger partial charge on any atom is -0.298 e. The molecule has 0 saturated heterocycles. The van der Waals surface area contributed by atoms with Crippen molar-refractivity contribution >= 4 is 44.2 Å². The third-order valence-electron chi connectivity index (χ3n) is 4.75. The summed E-state index contributed by atoms with van der Waals surface area (Å²) in [7, 11) is 0. The lowest BCUT2D eigenvalue weighted by atomic mass is 10.0. The van der Waals surface area contributed by atoms with E-state index in [1.54, 1.807) is 0 Å². The van der Waals surface area contributed by atoms with Crippen LogP contribution in [0.2, 0.25) is 0 Å². The first-order valence-corrected chi connectivity index (χ1v) is 9.94. The predicted octanol–water partition coefficient (Wildman–Crippen LogP) is 6.09. The lowest BCUT2D eigenvalue weighted by molar-refractivity contribution is -0.111. The first kappa shape index (κ1) is 18.1. The average molecular weight is 385 g/mol. The largest absolute Gasteiger partial charge is 0.298 e. The van der Waals surface area contributed by atoms with Crippen LogP contribution >= 0.6 is 11.3 Å². The van der Waals surface area contributed by atoms with Crippen LogP contribution in [0.3, 0.4) is 0 Å². The van der Waals surface area contributed by atoms with Crippen LogP contribution in [0.15, 0.2) is 72.8 Å². The van der Waals surface area contributed by atoms with Crippen LogP contribution in [-0.2, 0) is 4.79 Å². The Kier molecular flexibility index (Phi) is 5.04. The van der Waals surface area contributed by atoms with Gasteiger partial charge < -0.3 is 0 Å². The molecule has 1 heterocycles. The number of thiazole rings is 1. The molecule has 0 saturated carbocycles. The van der Waals surface area contributed by atoms with E-state index in [0.29, 0.717) is 10.7 Å². The fourth-order valence-corrected chi connectivity index (χ4v) is 3.98. The SMILES string of the molecule is Cc1ccc2sc(NC(=O)/C(=C/c3ccccc3)c3ccccc3)nc2c1C. The van der Waals surface area contributed by atoms with Gasteiger partial charge in [0.1, 0.15) is 0 Å². The molecule has 0 fully saturated rings. The van der Waals surface area contributed by atoms with Gasteiger partial charge in [-0.3, -0.25) is 10.1 Å². The molecule has 0 radical (unpaired) electrons. The number of nitrogens with one attached hydrogen (secondary N) is 1. The number of anilines is 1. The van der Waals surface area contributed by atoms with Gasteiger partial charge in [0.25, 0.3) is 5.91 Å². The van der Waals surface area contributed by atoms with Crippen LogP contribution in [0.1, 0.15) is 22.3 Å². The number of rotatable bonds is 4. The molecule has 28 heavy (non-hydrogen) atoms. The van der Waals surface area contributed by atoms with Crippen molar-refractivity contribution in [1.82, 2.24) is 4.98 Å². The number of hydrogen-bond acceptors (Lipinski definition) is 3. The summed E-state index contributed by atoms with van der Waals surface area (Å²) in [6, 6.07) is 23.7. The Morgan fingerprint density at radius 1 is 0.929 bits per heavy atom. The molecule has 1 N–H and O–H groups in total. The summed E-state index contributed by atoms with van der Waals surface area (Å²) in [5.74, 6) is -0.163. The molecule has 1 aromatic heterocycles. The highest BCUT2D eigenvalue weighted by molar-refractivity contribution is 7.22. The van der Waals surface area contributed by atoms with Crippen LogP contribution in [0.5, 0.6) is 0 Å². The maximum absolute atomic E-state index is 13.1. The number of aromatic nitrogens is 1. The fraction of sp³-hybridized carbons (Fsp3) is 0.0833. The van der Waals surface area contributed by atoms with E-state index in [9.17, 15) is 4.79 Å². The van der Waals surface area contributed by atoms with E-state index in [2.05, 4.69) is 36.3 Å². The molecule has 4 rings (SSSR count). The van der Waals surface area contributed by atoms with E-state index in [1.165, 1.54) is 16.9 Å². The van der Waals surface area contributed by atoms with Crippen molar-refractivity contribution in [2.24, 2.45) is 0 Å². The molecule has 3 nitrogen and oxygen atoms in total. The Morgan fingerprint density at radius 3 is 2.32 bits per heavy atom. The van der Waals surface area contributed by atoms with Crippen molar-refractivity contribution < 1.29 is 4.79 Å². The van der Waals surface area contributed by atoms with Gasteiger partial charge in [-0.2, -0.15) is 0 Å². The van der Waals surface area contributed by atoms with Gasteiger partial charge in [0, 0.05) is 5.57 Å². The van der Waals surface area contributed by atoms with Gasteiger partial charge in [0.15, 0.2) is 5.13 Å². The third kappa shape index (κ3) is 3.73. The summed E-state index contributed by atoms with van der Waals surface area (Å²) >= 11 is 1.50. The maximum Gasteiger partial charge on any atom is 0.258 e. The molecule has 138 valence electrons. The summed E-state index contributed by atoms with van der Waals surface area (Å²) in [6.45, 7) is 4.14. The van der Waals surface area contributed by atoms with Crippen LogP contribution in [0.4, 0.5) is 5.13 Å². The maximum atomic E-state index is 13.1. The summed E-state index contributed by atoms with van der Waals surface area (Å²) in [4.78, 5) is 17.8. The second-order valence-corrected chi connectivity index (χ2v) is 7.69. The van der Waals surface area contributed by atoms with Crippen LogP contribution in [0.25, 0.3) is 21.9 Å². The number of benzene rings is 3. The predicted molar refractivity (Wildman–Crippen MR) is 118 cm³/mol. The second kappa shape index (κ2) is 7.79. The molecule has 0 unspecified atom stereocenters. The molecule has 4 heteroatoms. The number of hydrogen-bond donors (Lipinski definition) is 1. The highest BCUT2D eigenvalue weighted by Crippen LogP contribution is 2.30. The van der Waals surface area contributed by atoms with Crippen LogP contribution < -0.4 is 5.32 Å². The Labute approximate surface area is 168 Å². The highest BCUT2D eigenvalue weighted by Gasteiger charge is 2.15. The molecular formula is C24H20N2OS. The van der Waals surface area contributed by atoms with Crippen molar-refractivity contribution in [3.05, 3.63) is 95.1 Å². The molecule has 0 spiro atoms. The van der Waals surface area contributed by atoms with E-state index in [0.717, 1.165) is 26.9 Å². The monoisotopic (exact) mass is 384 g/mol. The lowest BCUT2D eigenvalue weighted by Crippen LogP contribution is -2.13. The van der Waals surface area contributed by atoms with Crippen molar-refractivity contribution in [3.63, 3.8) is 0 Å². The zero-order valence-corrected chi connectivity index (χ0v) is 16.6. The smallest absolute Gasteiger partial charge is 0.258 e. The van der Waals surface area contributed by atoms with Gasteiger partial charge in [0.05, 0.1) is 10.2 Å². The van der Waals surface area contributed by atoms with Gasteiger partial charge in [0.2, 0.25) is 0 Å². The van der Waals surface area contributed by atoms with Gasteiger partial charge in [-0.15, -0.1) is 0 Å². The van der Waals surface area contributed by atoms with E-state index in [1.807, 2.05) is 66.7 Å². The molecule has 4 aromatic rings. The first-order chi connectivity index (χ1) is 13.6. The molecule has 0 aliphatic heterocycles. The van der Waals surface area contributed by atoms with Crippen molar-refractivity contribution in [3.8, 4) is 0 Å². The molecular weight excluding hydrogens is 364 g/mol. The van der Waals surface area contributed by atoms with E-state index in [4.69, 9.17) is 0 Å². The highest BCUT2D eigenvalue weighted by atomic mass is 32.1. The minimum absolute atomic E-state index is 0.163. The van der Waals surface area contributed by atoms with Gasteiger partial charge in [-0.25, -0.2) is 4.98 Å². The summed E-state index contributed by atoms with van der Waals surface area (Å²) in [6.07, 6.45) is 1.91. The molecule has 1 amide bonds.